The van der Waals surface area contributed by atoms with Crippen LogP contribution in [0.4, 0.5) is 0 Å². The average molecular weight is 233 g/mol. The fraction of sp³-hybridized carbons (Fsp3) is 0.750. The Morgan fingerprint density at radius 2 is 1.88 bits per heavy atom. The summed E-state index contributed by atoms with van der Waals surface area (Å²) >= 11 is 0. The summed E-state index contributed by atoms with van der Waals surface area (Å²) in [4.78, 5) is 0. The van der Waals surface area contributed by atoms with Gasteiger partial charge in [0.1, 0.15) is 0 Å². The molecule has 1 atom stereocenters. The molecule has 0 spiro atoms. The Morgan fingerprint density at radius 3 is 2.59 bits per heavy atom. The Kier molecular flexibility index (Phi) is 3.38. The lowest BCUT2D eigenvalue weighted by atomic mass is 9.86. The molecule has 0 aromatic heterocycles. The van der Waals surface area contributed by atoms with E-state index >= 15 is 0 Å². The first kappa shape index (κ1) is 12.7. The van der Waals surface area contributed by atoms with Gasteiger partial charge in [0.2, 0.25) is 0 Å². The predicted molar refractivity (Wildman–Crippen MR) is 74.9 cm³/mol. The minimum atomic E-state index is 0.394. The SMILES string of the molecule is CC.CC1=C2CCCC2NC2=C1CCC2(C)C. The maximum absolute atomic E-state index is 3.82. The van der Waals surface area contributed by atoms with Crippen molar-refractivity contribution in [2.45, 2.75) is 72.8 Å². The number of allylic oxidation sites excluding steroid dienone is 3. The van der Waals surface area contributed by atoms with Crippen molar-refractivity contribution >= 4 is 0 Å². The van der Waals surface area contributed by atoms with E-state index in [4.69, 9.17) is 0 Å². The zero-order chi connectivity index (χ0) is 12.6. The van der Waals surface area contributed by atoms with Crippen molar-refractivity contribution in [1.29, 1.82) is 0 Å². The van der Waals surface area contributed by atoms with Crippen LogP contribution in [0.1, 0.15) is 66.7 Å². The summed E-state index contributed by atoms with van der Waals surface area (Å²) < 4.78 is 0. The van der Waals surface area contributed by atoms with E-state index in [1.54, 1.807) is 22.4 Å². The smallest absolute Gasteiger partial charge is 0.0476 e. The summed E-state index contributed by atoms with van der Waals surface area (Å²) in [5.41, 5.74) is 6.96. The van der Waals surface area contributed by atoms with Gasteiger partial charge in [-0.05, 0) is 55.7 Å². The third-order valence-electron chi connectivity index (χ3n) is 4.59. The first-order valence-corrected chi connectivity index (χ1v) is 7.30. The molecule has 2 aliphatic carbocycles. The van der Waals surface area contributed by atoms with Crippen molar-refractivity contribution in [3.05, 3.63) is 22.4 Å². The highest BCUT2D eigenvalue weighted by molar-refractivity contribution is 5.48. The topological polar surface area (TPSA) is 12.0 Å². The van der Waals surface area contributed by atoms with Crippen LogP contribution in [0.3, 0.4) is 0 Å². The molecule has 0 saturated heterocycles. The second kappa shape index (κ2) is 4.51. The number of fused-ring (bicyclic) bond motifs is 1. The van der Waals surface area contributed by atoms with Gasteiger partial charge in [-0.15, -0.1) is 0 Å². The van der Waals surface area contributed by atoms with E-state index < -0.39 is 0 Å². The van der Waals surface area contributed by atoms with Crippen molar-refractivity contribution in [2.24, 2.45) is 5.41 Å². The molecule has 3 aliphatic rings. The van der Waals surface area contributed by atoms with E-state index in [9.17, 15) is 0 Å². The lowest BCUT2D eigenvalue weighted by molar-refractivity contribution is 0.402. The Bertz CT molecular complexity index is 371. The van der Waals surface area contributed by atoms with Gasteiger partial charge in [-0.1, -0.05) is 27.7 Å². The predicted octanol–water partition coefficient (Wildman–Crippen LogP) is 4.56. The molecule has 0 aromatic rings. The Hall–Kier alpha value is -0.720. The minimum Gasteiger partial charge on any atom is -0.381 e. The second-order valence-corrected chi connectivity index (χ2v) is 5.98. The summed E-state index contributed by atoms with van der Waals surface area (Å²) in [7, 11) is 0. The van der Waals surface area contributed by atoms with Gasteiger partial charge in [0.05, 0.1) is 0 Å². The van der Waals surface area contributed by atoms with Gasteiger partial charge < -0.3 is 5.32 Å². The van der Waals surface area contributed by atoms with Gasteiger partial charge in [-0.3, -0.25) is 0 Å². The summed E-state index contributed by atoms with van der Waals surface area (Å²) in [5.74, 6) is 0. The fourth-order valence-electron chi connectivity index (χ4n) is 3.57. The fourth-order valence-corrected chi connectivity index (χ4v) is 3.57. The Labute approximate surface area is 106 Å². The normalized spacial score (nSPS) is 29.4. The molecule has 0 aromatic carbocycles. The highest BCUT2D eigenvalue weighted by Gasteiger charge is 2.39. The molecule has 0 radical (unpaired) electrons. The maximum Gasteiger partial charge on any atom is 0.0476 e. The molecule has 1 saturated carbocycles. The summed E-state index contributed by atoms with van der Waals surface area (Å²) in [6.07, 6.45) is 6.67. The molecule has 0 amide bonds. The maximum atomic E-state index is 3.82. The number of dihydropyridines is 1. The standard InChI is InChI=1S/C14H21N.C2H6/c1-9-10-5-4-6-12(10)15-13-11(9)7-8-14(13,2)3;1-2/h12,15H,4-8H2,1-3H3;1-2H3. The first-order valence-electron chi connectivity index (χ1n) is 7.30. The summed E-state index contributed by atoms with van der Waals surface area (Å²) in [5, 5.41) is 3.82. The average Bonchev–Trinajstić information content (AvgIpc) is 2.88. The minimum absolute atomic E-state index is 0.394. The molecule has 3 rings (SSSR count). The van der Waals surface area contributed by atoms with E-state index in [1.165, 1.54) is 32.1 Å². The molecular formula is C16H27N. The van der Waals surface area contributed by atoms with Crippen LogP contribution >= 0.6 is 0 Å². The van der Waals surface area contributed by atoms with Crippen LogP contribution in [0.15, 0.2) is 22.4 Å². The van der Waals surface area contributed by atoms with Crippen LogP contribution in [0.2, 0.25) is 0 Å². The first-order chi connectivity index (χ1) is 8.09. The molecule has 1 unspecified atom stereocenters. The van der Waals surface area contributed by atoms with E-state index in [0.29, 0.717) is 11.5 Å². The van der Waals surface area contributed by atoms with Gasteiger partial charge in [0, 0.05) is 17.2 Å². The van der Waals surface area contributed by atoms with Gasteiger partial charge >= 0.3 is 0 Å². The van der Waals surface area contributed by atoms with Crippen LogP contribution < -0.4 is 5.32 Å². The molecule has 0 bridgehead atoms. The van der Waals surface area contributed by atoms with Crippen LogP contribution in [0.5, 0.6) is 0 Å². The van der Waals surface area contributed by atoms with E-state index in [2.05, 4.69) is 26.1 Å². The van der Waals surface area contributed by atoms with Gasteiger partial charge in [-0.25, -0.2) is 0 Å². The highest BCUT2D eigenvalue weighted by atomic mass is 15.0. The third kappa shape index (κ3) is 1.94. The van der Waals surface area contributed by atoms with E-state index in [0.717, 1.165) is 0 Å². The van der Waals surface area contributed by atoms with Gasteiger partial charge in [-0.2, -0.15) is 0 Å². The van der Waals surface area contributed by atoms with Crippen molar-refractivity contribution < 1.29 is 0 Å². The lowest BCUT2D eigenvalue weighted by Crippen LogP contribution is -2.36. The molecule has 1 fully saturated rings. The largest absolute Gasteiger partial charge is 0.381 e. The quantitative estimate of drug-likeness (QED) is 0.647. The number of hydrogen-bond acceptors (Lipinski definition) is 1. The summed E-state index contributed by atoms with van der Waals surface area (Å²) in [6, 6.07) is 0.682. The van der Waals surface area contributed by atoms with Gasteiger partial charge in [0.15, 0.2) is 0 Å². The molecule has 1 aliphatic heterocycles. The van der Waals surface area contributed by atoms with Crippen LogP contribution in [0, 0.1) is 5.41 Å². The molecule has 1 heterocycles. The molecule has 1 N–H and O–H groups in total. The highest BCUT2D eigenvalue weighted by Crippen LogP contribution is 2.48. The zero-order valence-electron chi connectivity index (χ0n) is 12.1. The van der Waals surface area contributed by atoms with Crippen molar-refractivity contribution in [1.82, 2.24) is 5.32 Å². The second-order valence-electron chi connectivity index (χ2n) is 5.98. The van der Waals surface area contributed by atoms with Crippen molar-refractivity contribution in [3.8, 4) is 0 Å². The number of hydrogen-bond donors (Lipinski definition) is 1. The zero-order valence-corrected chi connectivity index (χ0v) is 12.1. The molecule has 17 heavy (non-hydrogen) atoms. The van der Waals surface area contributed by atoms with Crippen LogP contribution in [-0.2, 0) is 0 Å². The lowest BCUT2D eigenvalue weighted by Gasteiger charge is -2.32. The molecule has 1 nitrogen and oxygen atoms in total. The number of nitrogens with one attached hydrogen (secondary N) is 1. The monoisotopic (exact) mass is 233 g/mol. The van der Waals surface area contributed by atoms with Crippen LogP contribution in [-0.4, -0.2) is 6.04 Å². The summed E-state index contributed by atoms with van der Waals surface area (Å²) in [6.45, 7) is 11.1. The van der Waals surface area contributed by atoms with Crippen molar-refractivity contribution in [3.63, 3.8) is 0 Å². The Morgan fingerprint density at radius 1 is 1.18 bits per heavy atom. The van der Waals surface area contributed by atoms with Crippen molar-refractivity contribution in [2.75, 3.05) is 0 Å². The van der Waals surface area contributed by atoms with Gasteiger partial charge in [0.25, 0.3) is 0 Å². The molecule has 1 heteroatoms. The number of rotatable bonds is 0. The van der Waals surface area contributed by atoms with E-state index in [1.807, 2.05) is 13.8 Å². The third-order valence-corrected chi connectivity index (χ3v) is 4.59. The van der Waals surface area contributed by atoms with Crippen LogP contribution in [0.25, 0.3) is 0 Å². The molecule has 96 valence electrons. The Balaban J connectivity index is 0.000000514. The molecular weight excluding hydrogens is 206 g/mol. The van der Waals surface area contributed by atoms with E-state index in [-0.39, 0.29) is 0 Å².